The number of carbonyl (C=O) groups excluding carboxylic acids is 1. The molecule has 1 fully saturated rings. The monoisotopic (exact) mass is 405 g/mol. The molecule has 1 heterocycles. The van der Waals surface area contributed by atoms with Crippen LogP contribution in [0.1, 0.15) is 23.2 Å². The quantitative estimate of drug-likeness (QED) is 0.537. The van der Waals surface area contributed by atoms with Gasteiger partial charge in [-0.15, -0.1) is 0 Å². The summed E-state index contributed by atoms with van der Waals surface area (Å²) in [4.78, 5) is 22.4. The smallest absolute Gasteiger partial charge is 0.270 e. The zero-order chi connectivity index (χ0) is 20.1. The van der Waals surface area contributed by atoms with Crippen molar-refractivity contribution in [3.8, 4) is 0 Å². The lowest BCUT2D eigenvalue weighted by molar-refractivity contribution is -0.385. The van der Waals surface area contributed by atoms with Gasteiger partial charge in [-0.3, -0.25) is 19.6 Å². The number of hydrogen-bond donors (Lipinski definition) is 2. The minimum atomic E-state index is -4.12. The highest BCUT2D eigenvalue weighted by Crippen LogP contribution is 2.23. The van der Waals surface area contributed by atoms with Crippen LogP contribution < -0.4 is 10.0 Å². The van der Waals surface area contributed by atoms with Gasteiger partial charge in [0.1, 0.15) is 0 Å². The van der Waals surface area contributed by atoms with Gasteiger partial charge >= 0.3 is 0 Å². The predicted molar refractivity (Wildman–Crippen MR) is 102 cm³/mol. The Kier molecular flexibility index (Phi) is 5.90. The molecular weight excluding hydrogens is 386 g/mol. The van der Waals surface area contributed by atoms with Crippen molar-refractivity contribution in [2.75, 3.05) is 17.9 Å². The van der Waals surface area contributed by atoms with E-state index in [-0.39, 0.29) is 27.9 Å². The Hall–Kier alpha value is -2.98. The van der Waals surface area contributed by atoms with Crippen molar-refractivity contribution in [1.29, 1.82) is 0 Å². The van der Waals surface area contributed by atoms with Crippen LogP contribution >= 0.6 is 0 Å². The summed E-state index contributed by atoms with van der Waals surface area (Å²) in [5.74, 6) is -0.437. The summed E-state index contributed by atoms with van der Waals surface area (Å²) in [5.41, 5.74) is -0.112. The molecule has 28 heavy (non-hydrogen) atoms. The summed E-state index contributed by atoms with van der Waals surface area (Å²) in [6.07, 6.45) is 1.76. The molecule has 1 atom stereocenters. The van der Waals surface area contributed by atoms with E-state index in [1.807, 2.05) is 0 Å². The molecule has 0 radical (unpaired) electrons. The third-order valence-corrected chi connectivity index (χ3v) is 5.63. The maximum Gasteiger partial charge on any atom is 0.270 e. The number of non-ortho nitro benzene ring substituents is 1. The lowest BCUT2D eigenvalue weighted by Crippen LogP contribution is -2.32. The first-order valence-electron chi connectivity index (χ1n) is 8.63. The molecule has 0 aliphatic carbocycles. The van der Waals surface area contributed by atoms with Gasteiger partial charge in [-0.2, -0.15) is 0 Å². The van der Waals surface area contributed by atoms with E-state index in [1.54, 1.807) is 12.1 Å². The van der Waals surface area contributed by atoms with Crippen molar-refractivity contribution in [3.05, 3.63) is 64.2 Å². The van der Waals surface area contributed by atoms with Crippen LogP contribution in [0.3, 0.4) is 0 Å². The lowest BCUT2D eigenvalue weighted by atomic mass is 10.1. The van der Waals surface area contributed by atoms with Gasteiger partial charge in [0.25, 0.3) is 21.6 Å². The van der Waals surface area contributed by atoms with Crippen LogP contribution in [0.15, 0.2) is 53.4 Å². The molecule has 0 saturated carbocycles. The molecule has 0 aromatic heterocycles. The number of nitrogens with zero attached hydrogens (tertiary/aromatic N) is 1. The number of ether oxygens (including phenoxy) is 1. The number of carbonyl (C=O) groups is 1. The highest BCUT2D eigenvalue weighted by Gasteiger charge is 2.22. The highest BCUT2D eigenvalue weighted by atomic mass is 32.2. The Bertz CT molecular complexity index is 986. The minimum absolute atomic E-state index is 0.0438. The molecule has 0 bridgehead atoms. The molecular formula is C18H19N3O6S. The van der Waals surface area contributed by atoms with E-state index in [2.05, 4.69) is 10.0 Å². The fourth-order valence-corrected chi connectivity index (χ4v) is 3.96. The van der Waals surface area contributed by atoms with Gasteiger partial charge in [-0.25, -0.2) is 8.42 Å². The molecule has 1 aliphatic heterocycles. The fourth-order valence-electron chi connectivity index (χ4n) is 2.85. The number of amides is 1. The van der Waals surface area contributed by atoms with E-state index in [0.29, 0.717) is 13.2 Å². The van der Waals surface area contributed by atoms with E-state index in [1.165, 1.54) is 30.3 Å². The van der Waals surface area contributed by atoms with Gasteiger partial charge in [0.2, 0.25) is 0 Å². The molecule has 148 valence electrons. The maximum absolute atomic E-state index is 12.6. The zero-order valence-corrected chi connectivity index (χ0v) is 15.6. The first-order chi connectivity index (χ1) is 13.4. The standard InChI is InChI=1S/C18H19N3O6S/c22-18(19-12-14-6-4-10-27-14)16-8-1-2-9-17(16)20-28(25,26)15-7-3-5-13(11-15)21(23)24/h1-3,5,7-9,11,14,20H,4,6,10,12H2,(H,19,22)/t14-/m0/s1. The molecule has 2 N–H and O–H groups in total. The van der Waals surface area contributed by atoms with Crippen LogP contribution in [0, 0.1) is 10.1 Å². The predicted octanol–water partition coefficient (Wildman–Crippen LogP) is 2.30. The van der Waals surface area contributed by atoms with Gasteiger partial charge < -0.3 is 10.1 Å². The number of para-hydroxylation sites is 1. The minimum Gasteiger partial charge on any atom is -0.376 e. The van der Waals surface area contributed by atoms with E-state index in [4.69, 9.17) is 4.74 Å². The van der Waals surface area contributed by atoms with E-state index in [0.717, 1.165) is 18.9 Å². The Labute approximate surface area is 161 Å². The number of nitro benzene ring substituents is 1. The maximum atomic E-state index is 12.6. The Morgan fingerprint density at radius 1 is 1.21 bits per heavy atom. The van der Waals surface area contributed by atoms with Crippen molar-refractivity contribution < 1.29 is 22.9 Å². The number of sulfonamides is 1. The number of benzene rings is 2. The Morgan fingerprint density at radius 3 is 2.71 bits per heavy atom. The second-order valence-electron chi connectivity index (χ2n) is 6.25. The third-order valence-electron chi connectivity index (χ3n) is 4.27. The molecule has 0 spiro atoms. The zero-order valence-electron chi connectivity index (χ0n) is 14.8. The van der Waals surface area contributed by atoms with Crippen molar-refractivity contribution in [3.63, 3.8) is 0 Å². The largest absolute Gasteiger partial charge is 0.376 e. The highest BCUT2D eigenvalue weighted by molar-refractivity contribution is 7.92. The summed E-state index contributed by atoms with van der Waals surface area (Å²) in [5, 5.41) is 13.6. The van der Waals surface area contributed by atoms with Crippen LogP contribution in [0.2, 0.25) is 0 Å². The average molecular weight is 405 g/mol. The molecule has 1 amide bonds. The number of anilines is 1. The van der Waals surface area contributed by atoms with Crippen LogP contribution in [0.25, 0.3) is 0 Å². The van der Waals surface area contributed by atoms with Gasteiger partial charge in [0.05, 0.1) is 27.2 Å². The van der Waals surface area contributed by atoms with Gasteiger partial charge in [-0.05, 0) is 31.0 Å². The van der Waals surface area contributed by atoms with E-state index < -0.39 is 20.9 Å². The molecule has 9 nitrogen and oxygen atoms in total. The van der Waals surface area contributed by atoms with Gasteiger partial charge in [-0.1, -0.05) is 18.2 Å². The molecule has 0 unspecified atom stereocenters. The number of nitro groups is 1. The van der Waals surface area contributed by atoms with Crippen LogP contribution in [0.5, 0.6) is 0 Å². The topological polar surface area (TPSA) is 128 Å². The van der Waals surface area contributed by atoms with Crippen molar-refractivity contribution in [2.45, 2.75) is 23.8 Å². The van der Waals surface area contributed by atoms with Gasteiger partial charge in [0, 0.05) is 25.3 Å². The molecule has 1 saturated heterocycles. The van der Waals surface area contributed by atoms with Crippen molar-refractivity contribution >= 4 is 27.3 Å². The van der Waals surface area contributed by atoms with Crippen molar-refractivity contribution in [2.24, 2.45) is 0 Å². The molecule has 3 rings (SSSR count). The van der Waals surface area contributed by atoms with Crippen LogP contribution in [-0.2, 0) is 14.8 Å². The average Bonchev–Trinajstić information content (AvgIpc) is 3.20. The van der Waals surface area contributed by atoms with Crippen LogP contribution in [-0.4, -0.2) is 38.5 Å². The molecule has 2 aromatic carbocycles. The molecule has 2 aromatic rings. The second kappa shape index (κ2) is 8.36. The Balaban J connectivity index is 1.79. The van der Waals surface area contributed by atoms with Crippen molar-refractivity contribution in [1.82, 2.24) is 5.32 Å². The number of nitrogens with one attached hydrogen (secondary N) is 2. The summed E-state index contributed by atoms with van der Waals surface area (Å²) >= 11 is 0. The summed E-state index contributed by atoms with van der Waals surface area (Å²) < 4.78 is 33.1. The SMILES string of the molecule is O=C(NC[C@@H]1CCCO1)c1ccccc1NS(=O)(=O)c1cccc([N+](=O)[O-])c1. The summed E-state index contributed by atoms with van der Waals surface area (Å²) in [6.45, 7) is 1.00. The van der Waals surface area contributed by atoms with E-state index in [9.17, 15) is 23.3 Å². The fraction of sp³-hybridized carbons (Fsp3) is 0.278. The third kappa shape index (κ3) is 4.65. The molecule has 1 aliphatic rings. The summed E-state index contributed by atoms with van der Waals surface area (Å²) in [6, 6.07) is 10.8. The number of rotatable bonds is 7. The van der Waals surface area contributed by atoms with E-state index >= 15 is 0 Å². The van der Waals surface area contributed by atoms with Gasteiger partial charge in [0.15, 0.2) is 0 Å². The molecule has 10 heteroatoms. The summed E-state index contributed by atoms with van der Waals surface area (Å²) in [7, 11) is -4.12. The Morgan fingerprint density at radius 2 is 2.00 bits per heavy atom. The number of hydrogen-bond acceptors (Lipinski definition) is 6. The van der Waals surface area contributed by atoms with Crippen LogP contribution in [0.4, 0.5) is 11.4 Å². The second-order valence-corrected chi connectivity index (χ2v) is 7.93. The lowest BCUT2D eigenvalue weighted by Gasteiger charge is -2.14. The first kappa shape index (κ1) is 19.8. The first-order valence-corrected chi connectivity index (χ1v) is 10.1. The normalized spacial score (nSPS) is 16.5.